The van der Waals surface area contributed by atoms with Crippen LogP contribution in [0.15, 0.2) is 48.5 Å². The number of hydrogen-bond acceptors (Lipinski definition) is 4. The second-order valence-electron chi connectivity index (χ2n) is 9.54. The molecule has 3 aromatic rings. The highest BCUT2D eigenvalue weighted by Gasteiger charge is 2.18. The molecule has 0 saturated heterocycles. The van der Waals surface area contributed by atoms with Crippen molar-refractivity contribution in [2.24, 2.45) is 0 Å². The Bertz CT molecular complexity index is 1200. The van der Waals surface area contributed by atoms with Crippen LogP contribution >= 0.6 is 0 Å². The summed E-state index contributed by atoms with van der Waals surface area (Å²) in [5.74, 6) is 2.83. The molecule has 0 radical (unpaired) electrons. The predicted molar refractivity (Wildman–Crippen MR) is 144 cm³/mol. The van der Waals surface area contributed by atoms with Crippen LogP contribution in [0.4, 0.5) is 5.69 Å². The van der Waals surface area contributed by atoms with Gasteiger partial charge in [-0.1, -0.05) is 45.0 Å². The fraction of sp³-hybridized carbons (Fsp3) is 0.333. The Balaban J connectivity index is 2.15. The second kappa shape index (κ2) is 10.9. The smallest absolute Gasteiger partial charge is 0.168 e. The molecule has 0 aromatic heterocycles. The Kier molecular flexibility index (Phi) is 8.13. The summed E-state index contributed by atoms with van der Waals surface area (Å²) in [5.41, 5.74) is 7.71. The maximum absolute atomic E-state index is 5.78. The molecule has 0 aliphatic heterocycles. The van der Waals surface area contributed by atoms with Crippen molar-refractivity contribution < 1.29 is 24.3 Å². The van der Waals surface area contributed by atoms with Crippen LogP contribution in [0.3, 0.4) is 0 Å². The van der Waals surface area contributed by atoms with E-state index in [-0.39, 0.29) is 5.41 Å². The summed E-state index contributed by atoms with van der Waals surface area (Å²) in [5, 5.41) is 2.07. The van der Waals surface area contributed by atoms with Crippen LogP contribution < -0.4 is 24.3 Å². The van der Waals surface area contributed by atoms with Crippen molar-refractivity contribution >= 4 is 17.3 Å². The standard InChI is InChI=1S/C30H37NO4/c1-19(14-22-17-26(32-6)27(33-7)18-25(22)31-5)21-15-24(29(35-9)28(16-21)34-8)20-10-12-23(13-11-20)30(2,3)4/h10-18,31H,1-9H3/p+1/b19-14+. The Labute approximate surface area is 209 Å². The molecule has 0 fully saturated rings. The largest absolute Gasteiger partial charge is 0.493 e. The van der Waals surface area contributed by atoms with E-state index in [1.54, 1.807) is 28.4 Å². The third-order valence-electron chi connectivity index (χ3n) is 6.27. The lowest BCUT2D eigenvalue weighted by Crippen LogP contribution is -2.73. The highest BCUT2D eigenvalue weighted by molar-refractivity contribution is 5.87. The van der Waals surface area contributed by atoms with Crippen molar-refractivity contribution in [2.75, 3.05) is 35.5 Å². The van der Waals surface area contributed by atoms with Gasteiger partial charge in [0, 0.05) is 17.2 Å². The highest BCUT2D eigenvalue weighted by atomic mass is 16.5. The van der Waals surface area contributed by atoms with Gasteiger partial charge < -0.3 is 24.3 Å². The zero-order valence-electron chi connectivity index (χ0n) is 22.4. The molecule has 0 aliphatic carbocycles. The summed E-state index contributed by atoms with van der Waals surface area (Å²) in [6.07, 6.45) is 2.16. The number of nitrogens with two attached hydrogens (primary N) is 1. The Morgan fingerprint density at radius 2 is 1.37 bits per heavy atom. The lowest BCUT2D eigenvalue weighted by molar-refractivity contribution is -0.539. The molecule has 5 nitrogen and oxygen atoms in total. The van der Waals surface area contributed by atoms with Gasteiger partial charge in [-0.2, -0.15) is 0 Å². The first-order valence-corrected chi connectivity index (χ1v) is 11.8. The van der Waals surface area contributed by atoms with Gasteiger partial charge in [-0.25, -0.2) is 0 Å². The van der Waals surface area contributed by atoms with Gasteiger partial charge in [-0.3, -0.25) is 0 Å². The van der Waals surface area contributed by atoms with E-state index in [9.17, 15) is 0 Å². The van der Waals surface area contributed by atoms with E-state index in [2.05, 4.69) is 69.4 Å². The van der Waals surface area contributed by atoms with E-state index >= 15 is 0 Å². The fourth-order valence-corrected chi connectivity index (χ4v) is 4.16. The Hall–Kier alpha value is -3.44. The van der Waals surface area contributed by atoms with Crippen LogP contribution in [0, 0.1) is 0 Å². The van der Waals surface area contributed by atoms with Crippen LogP contribution in [0.5, 0.6) is 23.0 Å². The van der Waals surface area contributed by atoms with Gasteiger partial charge in [0.2, 0.25) is 0 Å². The van der Waals surface area contributed by atoms with Gasteiger partial charge in [0.25, 0.3) is 0 Å². The van der Waals surface area contributed by atoms with Crippen molar-refractivity contribution in [2.45, 2.75) is 33.1 Å². The number of rotatable bonds is 8. The molecule has 2 N–H and O–H groups in total. The molecule has 3 rings (SSSR count). The third kappa shape index (κ3) is 5.63. The number of benzene rings is 3. The molecule has 0 unspecified atom stereocenters. The minimum atomic E-state index is 0.0922. The number of ether oxygens (including phenoxy) is 4. The van der Waals surface area contributed by atoms with Crippen LogP contribution in [-0.2, 0) is 5.41 Å². The first kappa shape index (κ1) is 26.2. The minimum Gasteiger partial charge on any atom is -0.493 e. The van der Waals surface area contributed by atoms with Crippen molar-refractivity contribution in [3.05, 3.63) is 65.2 Å². The first-order valence-electron chi connectivity index (χ1n) is 11.8. The molecule has 0 heterocycles. The van der Waals surface area contributed by atoms with Gasteiger partial charge in [0.1, 0.15) is 5.69 Å². The van der Waals surface area contributed by atoms with Crippen molar-refractivity contribution in [3.63, 3.8) is 0 Å². The summed E-state index contributed by atoms with van der Waals surface area (Å²) >= 11 is 0. The van der Waals surface area contributed by atoms with E-state index in [1.807, 2.05) is 25.2 Å². The van der Waals surface area contributed by atoms with Crippen LogP contribution in [0.25, 0.3) is 22.8 Å². The topological polar surface area (TPSA) is 53.5 Å². The van der Waals surface area contributed by atoms with Gasteiger partial charge >= 0.3 is 0 Å². The molecule has 186 valence electrons. The maximum atomic E-state index is 5.78. The molecule has 0 bridgehead atoms. The molecule has 0 spiro atoms. The van der Waals surface area contributed by atoms with Crippen LogP contribution in [0.2, 0.25) is 0 Å². The molecule has 0 aliphatic rings. The van der Waals surface area contributed by atoms with Crippen LogP contribution in [-0.4, -0.2) is 35.5 Å². The molecular weight excluding hydrogens is 438 g/mol. The second-order valence-corrected chi connectivity index (χ2v) is 9.54. The molecule has 0 atom stereocenters. The average molecular weight is 477 g/mol. The SMILES string of the molecule is C[NH2+]c1cc(OC)c(OC)cc1/C=C(\C)c1cc(OC)c(OC)c(-c2ccc(C(C)(C)C)cc2)c1. The van der Waals surface area contributed by atoms with E-state index in [4.69, 9.17) is 18.9 Å². The summed E-state index contributed by atoms with van der Waals surface area (Å²) in [6, 6.07) is 16.9. The number of hydrogen-bond donors (Lipinski definition) is 1. The zero-order chi connectivity index (χ0) is 25.8. The Morgan fingerprint density at radius 1 is 0.771 bits per heavy atom. The highest BCUT2D eigenvalue weighted by Crippen LogP contribution is 2.42. The third-order valence-corrected chi connectivity index (χ3v) is 6.27. The van der Waals surface area contributed by atoms with E-state index in [0.29, 0.717) is 17.2 Å². The van der Waals surface area contributed by atoms with E-state index in [0.717, 1.165) is 39.3 Å². The monoisotopic (exact) mass is 476 g/mol. The lowest BCUT2D eigenvalue weighted by atomic mass is 9.86. The number of allylic oxidation sites excluding steroid dienone is 1. The van der Waals surface area contributed by atoms with Crippen molar-refractivity contribution in [1.29, 1.82) is 0 Å². The maximum Gasteiger partial charge on any atom is 0.168 e. The Morgan fingerprint density at radius 3 is 1.89 bits per heavy atom. The van der Waals surface area contributed by atoms with Crippen molar-refractivity contribution in [1.82, 2.24) is 0 Å². The molecule has 5 heteroatoms. The first-order chi connectivity index (χ1) is 16.7. The van der Waals surface area contributed by atoms with Gasteiger partial charge in [-0.05, 0) is 58.9 Å². The molecular formula is C30H38NO4+. The lowest BCUT2D eigenvalue weighted by Gasteiger charge is -2.20. The molecule has 35 heavy (non-hydrogen) atoms. The summed E-state index contributed by atoms with van der Waals surface area (Å²) in [7, 11) is 8.67. The summed E-state index contributed by atoms with van der Waals surface area (Å²) in [6.45, 7) is 8.76. The normalized spacial score (nSPS) is 11.9. The fourth-order valence-electron chi connectivity index (χ4n) is 4.16. The van der Waals surface area contributed by atoms with Gasteiger partial charge in [0.15, 0.2) is 23.0 Å². The summed E-state index contributed by atoms with van der Waals surface area (Å²) in [4.78, 5) is 0. The zero-order valence-corrected chi connectivity index (χ0v) is 22.4. The summed E-state index contributed by atoms with van der Waals surface area (Å²) < 4.78 is 22.5. The quantitative estimate of drug-likeness (QED) is 0.317. The van der Waals surface area contributed by atoms with Crippen molar-refractivity contribution in [3.8, 4) is 34.1 Å². The molecule has 0 saturated carbocycles. The number of quaternary nitrogens is 1. The number of methoxy groups -OCH3 is 4. The van der Waals surface area contributed by atoms with E-state index < -0.39 is 0 Å². The minimum absolute atomic E-state index is 0.0922. The molecule has 3 aromatic carbocycles. The molecule has 0 amide bonds. The predicted octanol–water partition coefficient (Wildman–Crippen LogP) is 6.07. The average Bonchev–Trinajstić information content (AvgIpc) is 2.86. The van der Waals surface area contributed by atoms with Crippen LogP contribution in [0.1, 0.15) is 44.4 Å². The van der Waals surface area contributed by atoms with E-state index in [1.165, 1.54) is 5.56 Å². The van der Waals surface area contributed by atoms with Gasteiger partial charge in [0.05, 0.1) is 35.5 Å². The van der Waals surface area contributed by atoms with Gasteiger partial charge in [-0.15, -0.1) is 0 Å².